The number of unbranched alkanes of at least 4 members (excludes halogenated alkanes) is 2. The molecule has 26 heavy (non-hydrogen) atoms. The van der Waals surface area contributed by atoms with Crippen molar-refractivity contribution < 1.29 is 13.2 Å². The van der Waals surface area contributed by atoms with Crippen LogP contribution < -0.4 is 0 Å². The molecule has 0 amide bonds. The minimum absolute atomic E-state index is 0.0454. The molecule has 1 fully saturated rings. The Morgan fingerprint density at radius 3 is 2.27 bits per heavy atom. The van der Waals surface area contributed by atoms with E-state index < -0.39 is 17.5 Å². The summed E-state index contributed by atoms with van der Waals surface area (Å²) in [6.45, 7) is 4.27. The summed E-state index contributed by atoms with van der Waals surface area (Å²) in [4.78, 5) is 0. The first kappa shape index (κ1) is 19.3. The molecule has 0 saturated heterocycles. The van der Waals surface area contributed by atoms with E-state index >= 15 is 0 Å². The van der Waals surface area contributed by atoms with Crippen LogP contribution in [0.25, 0.3) is 10.8 Å². The molecule has 3 heteroatoms. The van der Waals surface area contributed by atoms with Gasteiger partial charge < -0.3 is 0 Å². The Labute approximate surface area is 154 Å². The molecule has 0 unspecified atom stereocenters. The van der Waals surface area contributed by atoms with Crippen molar-refractivity contribution in [1.82, 2.24) is 0 Å². The maximum atomic E-state index is 14.8. The summed E-state index contributed by atoms with van der Waals surface area (Å²) in [5.41, 5.74) is 0.920. The highest BCUT2D eigenvalue weighted by molar-refractivity contribution is 5.85. The number of hydrogen-bond acceptors (Lipinski definition) is 0. The number of halogens is 3. The molecule has 0 bridgehead atoms. The van der Waals surface area contributed by atoms with E-state index in [1.54, 1.807) is 18.2 Å². The van der Waals surface area contributed by atoms with Crippen molar-refractivity contribution >= 4 is 10.8 Å². The van der Waals surface area contributed by atoms with Gasteiger partial charge in [-0.3, -0.25) is 0 Å². The zero-order valence-corrected chi connectivity index (χ0v) is 15.9. The van der Waals surface area contributed by atoms with Crippen LogP contribution in [0.5, 0.6) is 0 Å². The Bertz CT molecular complexity index is 758. The Morgan fingerprint density at radius 1 is 0.885 bits per heavy atom. The Morgan fingerprint density at radius 2 is 1.62 bits per heavy atom. The van der Waals surface area contributed by atoms with Crippen LogP contribution in [0, 0.1) is 23.4 Å². The topological polar surface area (TPSA) is 0 Å². The maximum Gasteiger partial charge on any atom is 0.169 e. The standard InChI is InChI=1S/C23H29F3/c1-3-5-6-7-17-12-13-18-14-19(16-10-8-15(4-2)9-11-16)22(25)23(26)20(18)21(17)24/h12-16H,3-11H2,1-2H3. The van der Waals surface area contributed by atoms with E-state index in [9.17, 15) is 13.2 Å². The van der Waals surface area contributed by atoms with Gasteiger partial charge in [0.2, 0.25) is 0 Å². The maximum absolute atomic E-state index is 14.8. The second-order valence-corrected chi connectivity index (χ2v) is 7.81. The summed E-state index contributed by atoms with van der Waals surface area (Å²) in [5.74, 6) is -1.70. The Balaban J connectivity index is 1.94. The number of aryl methyl sites for hydroxylation is 1. The van der Waals surface area contributed by atoms with Gasteiger partial charge in [-0.15, -0.1) is 0 Å². The number of hydrogen-bond donors (Lipinski definition) is 0. The van der Waals surface area contributed by atoms with Gasteiger partial charge in [0, 0.05) is 0 Å². The lowest BCUT2D eigenvalue weighted by molar-refractivity contribution is 0.313. The average Bonchev–Trinajstić information content (AvgIpc) is 2.66. The summed E-state index contributed by atoms with van der Waals surface area (Å²) >= 11 is 0. The molecule has 1 saturated carbocycles. The molecule has 142 valence electrons. The minimum Gasteiger partial charge on any atom is -0.206 e. The van der Waals surface area contributed by atoms with Crippen LogP contribution in [0.2, 0.25) is 0 Å². The highest BCUT2D eigenvalue weighted by Gasteiger charge is 2.27. The minimum atomic E-state index is -1.01. The molecule has 3 rings (SSSR count). The Hall–Kier alpha value is -1.51. The third kappa shape index (κ3) is 3.77. The first-order valence-electron chi connectivity index (χ1n) is 10.2. The third-order valence-corrected chi connectivity index (χ3v) is 6.14. The van der Waals surface area contributed by atoms with Crippen LogP contribution in [0.3, 0.4) is 0 Å². The molecule has 1 aliphatic rings. The quantitative estimate of drug-likeness (QED) is 0.462. The zero-order valence-electron chi connectivity index (χ0n) is 15.9. The Kier molecular flexibility index (Phi) is 6.26. The van der Waals surface area contributed by atoms with Crippen LogP contribution in [0.1, 0.15) is 82.3 Å². The first-order valence-corrected chi connectivity index (χ1v) is 10.2. The molecule has 0 heterocycles. The molecule has 0 aromatic heterocycles. The number of fused-ring (bicyclic) bond motifs is 1. The monoisotopic (exact) mass is 362 g/mol. The van der Waals surface area contributed by atoms with E-state index in [-0.39, 0.29) is 11.3 Å². The van der Waals surface area contributed by atoms with E-state index in [0.29, 0.717) is 28.9 Å². The highest BCUT2D eigenvalue weighted by atomic mass is 19.2. The molecule has 0 aliphatic heterocycles. The van der Waals surface area contributed by atoms with Crippen molar-refractivity contribution in [2.75, 3.05) is 0 Å². The highest BCUT2D eigenvalue weighted by Crippen LogP contribution is 2.40. The van der Waals surface area contributed by atoms with Gasteiger partial charge in [0.15, 0.2) is 11.6 Å². The first-order chi connectivity index (χ1) is 12.6. The van der Waals surface area contributed by atoms with E-state index in [4.69, 9.17) is 0 Å². The van der Waals surface area contributed by atoms with E-state index in [1.165, 1.54) is 0 Å². The second-order valence-electron chi connectivity index (χ2n) is 7.81. The van der Waals surface area contributed by atoms with Gasteiger partial charge in [-0.1, -0.05) is 45.2 Å². The number of rotatable bonds is 6. The fourth-order valence-corrected chi connectivity index (χ4v) is 4.38. The van der Waals surface area contributed by atoms with Crippen molar-refractivity contribution in [3.05, 3.63) is 46.8 Å². The SMILES string of the molecule is CCCCCc1ccc2cc(C3CCC(CC)CC3)c(F)c(F)c2c1F. The summed E-state index contributed by atoms with van der Waals surface area (Å²) in [5, 5.41) is 0.302. The molecule has 1 aliphatic carbocycles. The molecule has 0 N–H and O–H groups in total. The lowest BCUT2D eigenvalue weighted by Crippen LogP contribution is -2.14. The molecule has 2 aromatic carbocycles. The van der Waals surface area contributed by atoms with Crippen molar-refractivity contribution in [1.29, 1.82) is 0 Å². The lowest BCUT2D eigenvalue weighted by Gasteiger charge is -2.28. The van der Waals surface area contributed by atoms with E-state index in [0.717, 1.165) is 51.4 Å². The fraction of sp³-hybridized carbons (Fsp3) is 0.565. The average molecular weight is 362 g/mol. The predicted molar refractivity (Wildman–Crippen MR) is 102 cm³/mol. The molecule has 0 atom stereocenters. The van der Waals surface area contributed by atoms with E-state index in [1.807, 2.05) is 0 Å². The van der Waals surface area contributed by atoms with Gasteiger partial charge >= 0.3 is 0 Å². The summed E-state index contributed by atoms with van der Waals surface area (Å²) < 4.78 is 44.3. The van der Waals surface area contributed by atoms with Crippen LogP contribution in [-0.2, 0) is 6.42 Å². The van der Waals surface area contributed by atoms with Gasteiger partial charge in [0.1, 0.15) is 5.82 Å². The molecule has 0 nitrogen and oxygen atoms in total. The second kappa shape index (κ2) is 8.45. The molecule has 2 aromatic rings. The van der Waals surface area contributed by atoms with Gasteiger partial charge in [0.25, 0.3) is 0 Å². The van der Waals surface area contributed by atoms with Crippen LogP contribution in [0.15, 0.2) is 18.2 Å². The summed E-state index contributed by atoms with van der Waals surface area (Å²) in [6, 6.07) is 5.18. The lowest BCUT2D eigenvalue weighted by atomic mass is 9.77. The normalized spacial score (nSPS) is 20.7. The summed E-state index contributed by atoms with van der Waals surface area (Å²) in [7, 11) is 0. The third-order valence-electron chi connectivity index (χ3n) is 6.14. The predicted octanol–water partition coefficient (Wildman–Crippen LogP) is 7.67. The van der Waals surface area contributed by atoms with Gasteiger partial charge in [-0.05, 0) is 72.9 Å². The van der Waals surface area contributed by atoms with Crippen LogP contribution in [0.4, 0.5) is 13.2 Å². The van der Waals surface area contributed by atoms with Gasteiger partial charge in [-0.25, -0.2) is 13.2 Å². The zero-order chi connectivity index (χ0) is 18.7. The van der Waals surface area contributed by atoms with Crippen molar-refractivity contribution in [2.24, 2.45) is 5.92 Å². The van der Waals surface area contributed by atoms with Gasteiger partial charge in [0.05, 0.1) is 5.39 Å². The van der Waals surface area contributed by atoms with E-state index in [2.05, 4.69) is 13.8 Å². The smallest absolute Gasteiger partial charge is 0.169 e. The molecule has 0 spiro atoms. The molecule has 0 radical (unpaired) electrons. The van der Waals surface area contributed by atoms with Crippen molar-refractivity contribution in [3.63, 3.8) is 0 Å². The largest absolute Gasteiger partial charge is 0.206 e. The van der Waals surface area contributed by atoms with Crippen molar-refractivity contribution in [3.8, 4) is 0 Å². The number of benzene rings is 2. The molecular weight excluding hydrogens is 333 g/mol. The fourth-order valence-electron chi connectivity index (χ4n) is 4.38. The van der Waals surface area contributed by atoms with Gasteiger partial charge in [-0.2, -0.15) is 0 Å². The molecular formula is C23H29F3. The summed E-state index contributed by atoms with van der Waals surface area (Å²) in [6.07, 6.45) is 8.52. The van der Waals surface area contributed by atoms with Crippen LogP contribution in [-0.4, -0.2) is 0 Å². The van der Waals surface area contributed by atoms with Crippen LogP contribution >= 0.6 is 0 Å². The van der Waals surface area contributed by atoms with Crippen molar-refractivity contribution in [2.45, 2.75) is 77.6 Å².